The summed E-state index contributed by atoms with van der Waals surface area (Å²) >= 11 is 7.64. The summed E-state index contributed by atoms with van der Waals surface area (Å²) in [5.41, 5.74) is 0.946. The van der Waals surface area contributed by atoms with Gasteiger partial charge in [-0.3, -0.25) is 0 Å². The minimum absolute atomic E-state index is 0.717. The second-order valence-electron chi connectivity index (χ2n) is 2.64. The summed E-state index contributed by atoms with van der Waals surface area (Å²) in [5, 5.41) is 4.82. The van der Waals surface area contributed by atoms with Gasteiger partial charge in [0.15, 0.2) is 0 Å². The number of hydrogen-bond acceptors (Lipinski definition) is 3. The first-order valence-electron chi connectivity index (χ1n) is 3.73. The van der Waals surface area contributed by atoms with Crippen LogP contribution in [0.4, 0.5) is 0 Å². The van der Waals surface area contributed by atoms with Crippen LogP contribution in [0.2, 0.25) is 5.02 Å². The molecule has 0 saturated heterocycles. The number of halogens is 1. The molecule has 13 heavy (non-hydrogen) atoms. The van der Waals surface area contributed by atoms with Crippen molar-refractivity contribution >= 4 is 38.1 Å². The highest BCUT2D eigenvalue weighted by molar-refractivity contribution is 7.23. The van der Waals surface area contributed by atoms with Gasteiger partial charge in [0.1, 0.15) is 11.8 Å². The second-order valence-corrected chi connectivity index (χ2v) is 4.06. The molecular weight excluding hydrogens is 206 g/mol. The third kappa shape index (κ3) is 0.897. The summed E-state index contributed by atoms with van der Waals surface area (Å²) in [5.74, 6) is 0. The SMILES string of the molecule is Clc1cccc2sc3ncnn3c12. The lowest BCUT2D eigenvalue weighted by Crippen LogP contribution is -1.82. The maximum absolute atomic E-state index is 6.05. The van der Waals surface area contributed by atoms with Crippen molar-refractivity contribution in [3.8, 4) is 0 Å². The minimum atomic E-state index is 0.717. The maximum atomic E-state index is 6.05. The molecule has 0 amide bonds. The Kier molecular flexibility index (Phi) is 1.36. The zero-order valence-corrected chi connectivity index (χ0v) is 8.01. The molecule has 3 rings (SSSR count). The van der Waals surface area contributed by atoms with E-state index < -0.39 is 0 Å². The molecule has 3 nitrogen and oxygen atoms in total. The summed E-state index contributed by atoms with van der Waals surface area (Å²) in [6, 6.07) is 5.81. The smallest absolute Gasteiger partial charge is 0.206 e. The van der Waals surface area contributed by atoms with E-state index >= 15 is 0 Å². The number of fused-ring (bicyclic) bond motifs is 3. The third-order valence-corrected chi connectivity index (χ3v) is 3.19. The first kappa shape index (κ1) is 7.29. The van der Waals surface area contributed by atoms with E-state index in [0.29, 0.717) is 5.02 Å². The number of rotatable bonds is 0. The molecule has 2 heterocycles. The predicted molar refractivity (Wildman–Crippen MR) is 53.4 cm³/mol. The average molecular weight is 210 g/mol. The molecule has 0 radical (unpaired) electrons. The van der Waals surface area contributed by atoms with Crippen molar-refractivity contribution in [3.63, 3.8) is 0 Å². The summed E-state index contributed by atoms with van der Waals surface area (Å²) in [4.78, 5) is 4.99. The van der Waals surface area contributed by atoms with Crippen molar-refractivity contribution in [1.29, 1.82) is 0 Å². The highest BCUT2D eigenvalue weighted by atomic mass is 35.5. The Morgan fingerprint density at radius 3 is 3.23 bits per heavy atom. The molecule has 0 bridgehead atoms. The van der Waals surface area contributed by atoms with Crippen LogP contribution in [0.15, 0.2) is 24.5 Å². The molecule has 0 aliphatic carbocycles. The Morgan fingerprint density at radius 1 is 1.38 bits per heavy atom. The molecule has 0 saturated carbocycles. The molecule has 3 aromatic rings. The van der Waals surface area contributed by atoms with E-state index in [1.165, 1.54) is 6.33 Å². The van der Waals surface area contributed by atoms with Crippen LogP contribution < -0.4 is 0 Å². The van der Waals surface area contributed by atoms with E-state index in [1.54, 1.807) is 15.9 Å². The van der Waals surface area contributed by atoms with Gasteiger partial charge in [-0.15, -0.1) is 0 Å². The van der Waals surface area contributed by atoms with Gasteiger partial charge in [-0.05, 0) is 12.1 Å². The number of nitrogens with zero attached hydrogens (tertiary/aromatic N) is 3. The molecule has 64 valence electrons. The quantitative estimate of drug-likeness (QED) is 0.570. The van der Waals surface area contributed by atoms with Gasteiger partial charge in [0.2, 0.25) is 4.96 Å². The van der Waals surface area contributed by atoms with Crippen LogP contribution in [0.3, 0.4) is 0 Å². The Hall–Kier alpha value is -1.13. The van der Waals surface area contributed by atoms with Gasteiger partial charge in [-0.2, -0.15) is 5.10 Å². The topological polar surface area (TPSA) is 30.2 Å². The predicted octanol–water partition coefficient (Wildman–Crippen LogP) is 2.60. The molecule has 0 aliphatic rings. The monoisotopic (exact) mass is 209 g/mol. The number of benzene rings is 1. The first-order chi connectivity index (χ1) is 6.36. The van der Waals surface area contributed by atoms with Gasteiger partial charge >= 0.3 is 0 Å². The molecular formula is C8H4ClN3S. The van der Waals surface area contributed by atoms with Gasteiger partial charge in [0.05, 0.1) is 9.72 Å². The van der Waals surface area contributed by atoms with Crippen LogP contribution in [0.1, 0.15) is 0 Å². The fraction of sp³-hybridized carbons (Fsp3) is 0. The van der Waals surface area contributed by atoms with Crippen LogP contribution in [0.25, 0.3) is 15.2 Å². The molecule has 5 heteroatoms. The van der Waals surface area contributed by atoms with Crippen LogP contribution in [0, 0.1) is 0 Å². The standard InChI is InChI=1S/C8H4ClN3S/c9-5-2-1-3-6-7(5)12-8(13-6)10-4-11-12/h1-4H. The highest BCUT2D eigenvalue weighted by Crippen LogP contribution is 2.29. The lowest BCUT2D eigenvalue weighted by atomic mass is 10.3. The van der Waals surface area contributed by atoms with Crippen molar-refractivity contribution in [2.75, 3.05) is 0 Å². The van der Waals surface area contributed by atoms with Crippen LogP contribution >= 0.6 is 22.9 Å². The number of hydrogen-bond donors (Lipinski definition) is 0. The number of para-hydroxylation sites is 1. The number of thiazole rings is 1. The largest absolute Gasteiger partial charge is 0.213 e. The molecule has 0 spiro atoms. The van der Waals surface area contributed by atoms with Gasteiger partial charge in [0.25, 0.3) is 0 Å². The Morgan fingerprint density at radius 2 is 2.31 bits per heavy atom. The molecule has 0 aliphatic heterocycles. The summed E-state index contributed by atoms with van der Waals surface area (Å²) < 4.78 is 2.88. The van der Waals surface area contributed by atoms with Crippen molar-refractivity contribution in [1.82, 2.24) is 14.6 Å². The van der Waals surface area contributed by atoms with Crippen molar-refractivity contribution < 1.29 is 0 Å². The highest BCUT2D eigenvalue weighted by Gasteiger charge is 2.08. The molecule has 1 aromatic carbocycles. The lowest BCUT2D eigenvalue weighted by Gasteiger charge is -1.91. The van der Waals surface area contributed by atoms with Gasteiger partial charge in [-0.1, -0.05) is 29.0 Å². The van der Waals surface area contributed by atoms with Gasteiger partial charge < -0.3 is 0 Å². The van der Waals surface area contributed by atoms with Gasteiger partial charge in [0, 0.05) is 0 Å². The normalized spacial score (nSPS) is 11.5. The molecule has 2 aromatic heterocycles. The fourth-order valence-corrected chi connectivity index (χ4v) is 2.61. The molecule has 0 N–H and O–H groups in total. The Balaban J connectivity index is 2.68. The van der Waals surface area contributed by atoms with Crippen LogP contribution in [-0.2, 0) is 0 Å². The minimum Gasteiger partial charge on any atom is -0.206 e. The maximum Gasteiger partial charge on any atom is 0.213 e. The third-order valence-electron chi connectivity index (χ3n) is 1.88. The Labute approximate surface area is 82.6 Å². The molecule has 0 unspecified atom stereocenters. The molecule has 0 fully saturated rings. The zero-order valence-electron chi connectivity index (χ0n) is 6.44. The van der Waals surface area contributed by atoms with E-state index in [0.717, 1.165) is 15.2 Å². The van der Waals surface area contributed by atoms with E-state index in [9.17, 15) is 0 Å². The first-order valence-corrected chi connectivity index (χ1v) is 4.92. The summed E-state index contributed by atoms with van der Waals surface area (Å²) in [6.45, 7) is 0. The van der Waals surface area contributed by atoms with E-state index in [-0.39, 0.29) is 0 Å². The Bertz CT molecular complexity index is 583. The average Bonchev–Trinajstić information content (AvgIpc) is 2.62. The van der Waals surface area contributed by atoms with Crippen molar-refractivity contribution in [2.24, 2.45) is 0 Å². The number of aromatic nitrogens is 3. The van der Waals surface area contributed by atoms with E-state index in [4.69, 9.17) is 11.6 Å². The van der Waals surface area contributed by atoms with Gasteiger partial charge in [-0.25, -0.2) is 9.50 Å². The second kappa shape index (κ2) is 2.43. The lowest BCUT2D eigenvalue weighted by molar-refractivity contribution is 1.01. The van der Waals surface area contributed by atoms with Crippen LogP contribution in [0.5, 0.6) is 0 Å². The summed E-state index contributed by atoms with van der Waals surface area (Å²) in [7, 11) is 0. The van der Waals surface area contributed by atoms with E-state index in [2.05, 4.69) is 10.1 Å². The van der Waals surface area contributed by atoms with Crippen molar-refractivity contribution in [3.05, 3.63) is 29.5 Å². The molecule has 0 atom stereocenters. The van der Waals surface area contributed by atoms with Crippen LogP contribution in [-0.4, -0.2) is 14.6 Å². The van der Waals surface area contributed by atoms with Crippen molar-refractivity contribution in [2.45, 2.75) is 0 Å². The van der Waals surface area contributed by atoms with E-state index in [1.807, 2.05) is 18.2 Å². The summed E-state index contributed by atoms with van der Waals surface area (Å²) in [6.07, 6.45) is 1.54. The fourth-order valence-electron chi connectivity index (χ4n) is 1.34. The zero-order chi connectivity index (χ0) is 8.84.